The molecule has 5 nitrogen and oxygen atoms in total. The minimum absolute atomic E-state index is 0.176. The summed E-state index contributed by atoms with van der Waals surface area (Å²) in [4.78, 5) is 25.7. The highest BCUT2D eigenvalue weighted by atomic mass is 32.3. The molecule has 0 saturated heterocycles. The lowest BCUT2D eigenvalue weighted by Gasteiger charge is -2.26. The Kier molecular flexibility index (Phi) is 8.90. The van der Waals surface area contributed by atoms with Gasteiger partial charge in [-0.25, -0.2) is 14.4 Å². The predicted molar refractivity (Wildman–Crippen MR) is 122 cm³/mol. The molecule has 0 radical (unpaired) electrons. The highest BCUT2D eigenvalue weighted by Gasteiger charge is 2.30. The maximum absolute atomic E-state index is 14.5. The second-order valence-corrected chi connectivity index (χ2v) is 12.4. The number of methoxy groups -OCH3 is 1. The number of alkyl halides is 3. The summed E-state index contributed by atoms with van der Waals surface area (Å²) in [5, 5.41) is 4.90. The van der Waals surface area contributed by atoms with E-state index in [1.54, 1.807) is 36.4 Å². The van der Waals surface area contributed by atoms with Gasteiger partial charge in [-0.3, -0.25) is 9.59 Å². The third-order valence-corrected chi connectivity index (χ3v) is 6.34. The molecule has 0 spiro atoms. The first kappa shape index (κ1) is 26.7. The monoisotopic (exact) mass is 488 g/mol. The lowest BCUT2D eigenvalue weighted by Crippen LogP contribution is -2.37. The molecule has 0 bridgehead atoms. The summed E-state index contributed by atoms with van der Waals surface area (Å²) in [6.45, 7) is 0.330. The highest BCUT2D eigenvalue weighted by molar-refractivity contribution is 8.32. The minimum Gasteiger partial charge on any atom is -0.380 e. The number of nitrogens with one attached hydrogen (secondary N) is 2. The fraction of sp³-hybridized carbons (Fsp3) is 0.391. The number of hydrogen-bond acceptors (Lipinski definition) is 3. The number of ether oxygens (including phenoxy) is 1. The summed E-state index contributed by atoms with van der Waals surface area (Å²) < 4.78 is 57.0. The zero-order valence-electron chi connectivity index (χ0n) is 18.9. The summed E-state index contributed by atoms with van der Waals surface area (Å²) in [7, 11) is 0.196. The van der Waals surface area contributed by atoms with Gasteiger partial charge in [0.05, 0.1) is 13.0 Å². The summed E-state index contributed by atoms with van der Waals surface area (Å²) in [5.74, 6) is -2.10. The van der Waals surface area contributed by atoms with Gasteiger partial charge in [0, 0.05) is 24.1 Å². The number of benzene rings is 2. The average molecular weight is 489 g/mol. The SMILES string of the molecule is COCc1ccc([C@@H](NC(=O)CCC(F)(F)F)C(=O)Nc2ccc(S(C)(C)C)c(F)c2)cc1. The molecular weight excluding hydrogens is 460 g/mol. The van der Waals surface area contributed by atoms with Crippen LogP contribution >= 0.6 is 10.0 Å². The van der Waals surface area contributed by atoms with E-state index in [0.29, 0.717) is 17.1 Å². The van der Waals surface area contributed by atoms with Crippen molar-refractivity contribution in [1.29, 1.82) is 0 Å². The topological polar surface area (TPSA) is 67.4 Å². The smallest absolute Gasteiger partial charge is 0.380 e. The zero-order valence-corrected chi connectivity index (χ0v) is 19.7. The van der Waals surface area contributed by atoms with Crippen LogP contribution in [0.2, 0.25) is 0 Å². The number of rotatable bonds is 9. The Labute approximate surface area is 192 Å². The van der Waals surface area contributed by atoms with E-state index in [1.165, 1.54) is 13.2 Å². The number of amides is 2. The van der Waals surface area contributed by atoms with E-state index >= 15 is 0 Å². The molecule has 0 unspecified atom stereocenters. The van der Waals surface area contributed by atoms with E-state index in [-0.39, 0.29) is 5.69 Å². The van der Waals surface area contributed by atoms with Crippen molar-refractivity contribution >= 4 is 27.5 Å². The number of anilines is 1. The molecule has 2 rings (SSSR count). The molecule has 0 aliphatic rings. The van der Waals surface area contributed by atoms with E-state index in [9.17, 15) is 27.2 Å². The Hall–Kier alpha value is -2.59. The molecule has 10 heteroatoms. The van der Waals surface area contributed by atoms with Gasteiger partial charge in [0.15, 0.2) is 0 Å². The van der Waals surface area contributed by atoms with Crippen LogP contribution < -0.4 is 10.6 Å². The lowest BCUT2D eigenvalue weighted by molar-refractivity contribution is -0.144. The van der Waals surface area contributed by atoms with E-state index < -0.39 is 52.7 Å². The lowest BCUT2D eigenvalue weighted by atomic mass is 10.0. The van der Waals surface area contributed by atoms with E-state index in [0.717, 1.165) is 5.56 Å². The van der Waals surface area contributed by atoms with Crippen molar-refractivity contribution in [2.45, 2.75) is 36.6 Å². The van der Waals surface area contributed by atoms with Crippen molar-refractivity contribution in [2.24, 2.45) is 0 Å². The maximum atomic E-state index is 14.5. The molecule has 0 fully saturated rings. The first-order valence-electron chi connectivity index (χ1n) is 10.0. The van der Waals surface area contributed by atoms with Gasteiger partial charge >= 0.3 is 6.18 Å². The molecule has 2 amide bonds. The molecule has 2 aromatic rings. The second kappa shape index (κ2) is 11.0. The van der Waals surface area contributed by atoms with Gasteiger partial charge in [-0.05, 0) is 48.1 Å². The van der Waals surface area contributed by atoms with E-state index in [1.807, 2.05) is 18.8 Å². The van der Waals surface area contributed by atoms with Gasteiger partial charge in [-0.1, -0.05) is 24.3 Å². The maximum Gasteiger partial charge on any atom is 0.389 e. The van der Waals surface area contributed by atoms with Crippen molar-refractivity contribution in [1.82, 2.24) is 5.32 Å². The highest BCUT2D eigenvalue weighted by Crippen LogP contribution is 2.46. The van der Waals surface area contributed by atoms with Crippen LogP contribution in [0.3, 0.4) is 0 Å². The normalized spacial score (nSPS) is 13.3. The minimum atomic E-state index is -4.49. The summed E-state index contributed by atoms with van der Waals surface area (Å²) in [6, 6.07) is 9.59. The number of carbonyl (C=O) groups excluding carboxylic acids is 2. The van der Waals surface area contributed by atoms with Gasteiger partial charge in [0.1, 0.15) is 11.9 Å². The Morgan fingerprint density at radius 1 is 1.06 bits per heavy atom. The molecule has 0 aliphatic heterocycles. The molecule has 0 saturated carbocycles. The Morgan fingerprint density at radius 2 is 1.70 bits per heavy atom. The van der Waals surface area contributed by atoms with Crippen molar-refractivity contribution < 1.29 is 31.9 Å². The van der Waals surface area contributed by atoms with Gasteiger partial charge in [-0.15, -0.1) is 0 Å². The standard InChI is InChI=1S/C23H28F4N2O3S/c1-32-14-15-5-7-16(8-6-15)21(29-20(30)11-12-23(25,26)27)22(31)28-17-9-10-19(18(24)13-17)33(2,3)4/h5-10,13,21H,11-12,14H2,1-4H3,(H,28,31)(H,29,30)/t21-/m1/s1. The molecule has 0 aliphatic carbocycles. The number of carbonyl (C=O) groups is 2. The summed E-state index contributed by atoms with van der Waals surface area (Å²) >= 11 is 0. The van der Waals surface area contributed by atoms with Crippen LogP contribution in [0.25, 0.3) is 0 Å². The third kappa shape index (κ3) is 8.36. The zero-order chi connectivity index (χ0) is 24.8. The average Bonchev–Trinajstić information content (AvgIpc) is 2.70. The largest absolute Gasteiger partial charge is 0.389 e. The van der Waals surface area contributed by atoms with E-state index in [4.69, 9.17) is 4.74 Å². The molecule has 1 atom stereocenters. The quantitative estimate of drug-likeness (QED) is 0.479. The summed E-state index contributed by atoms with van der Waals surface area (Å²) in [5.41, 5.74) is 1.35. The second-order valence-electron chi connectivity index (χ2n) is 8.26. The predicted octanol–water partition coefficient (Wildman–Crippen LogP) is 5.16. The van der Waals surface area contributed by atoms with Gasteiger partial charge in [-0.2, -0.15) is 13.2 Å². The van der Waals surface area contributed by atoms with Crippen LogP contribution in [-0.2, 0) is 20.9 Å². The van der Waals surface area contributed by atoms with Crippen molar-refractivity contribution in [3.05, 3.63) is 59.4 Å². The number of halogens is 4. The molecule has 0 aromatic heterocycles. The number of hydrogen-bond donors (Lipinski definition) is 2. The van der Waals surface area contributed by atoms with Crippen molar-refractivity contribution in [2.75, 3.05) is 31.2 Å². The Morgan fingerprint density at radius 3 is 2.21 bits per heavy atom. The fourth-order valence-corrected chi connectivity index (χ4v) is 4.17. The van der Waals surface area contributed by atoms with Gasteiger partial charge < -0.3 is 15.4 Å². The van der Waals surface area contributed by atoms with Crippen LogP contribution in [0.4, 0.5) is 23.2 Å². The van der Waals surface area contributed by atoms with Crippen LogP contribution in [0.15, 0.2) is 47.4 Å². The molecular formula is C23H28F4N2O3S. The first-order valence-corrected chi connectivity index (χ1v) is 12.9. The van der Waals surface area contributed by atoms with Gasteiger partial charge in [0.25, 0.3) is 5.91 Å². The van der Waals surface area contributed by atoms with Gasteiger partial charge in [0.2, 0.25) is 5.91 Å². The fourth-order valence-electron chi connectivity index (χ4n) is 3.05. The Bertz CT molecular complexity index is 973. The molecule has 182 valence electrons. The van der Waals surface area contributed by atoms with Crippen molar-refractivity contribution in [3.63, 3.8) is 0 Å². The molecule has 0 heterocycles. The molecule has 33 heavy (non-hydrogen) atoms. The van der Waals surface area contributed by atoms with Crippen LogP contribution in [0, 0.1) is 5.82 Å². The van der Waals surface area contributed by atoms with E-state index in [2.05, 4.69) is 10.6 Å². The van der Waals surface area contributed by atoms with Crippen LogP contribution in [0.1, 0.15) is 30.0 Å². The van der Waals surface area contributed by atoms with Crippen LogP contribution in [-0.4, -0.2) is 43.9 Å². The summed E-state index contributed by atoms with van der Waals surface area (Å²) in [6.07, 6.45) is -0.810. The van der Waals surface area contributed by atoms with Crippen LogP contribution in [0.5, 0.6) is 0 Å². The third-order valence-electron chi connectivity index (χ3n) is 4.69. The molecule has 2 aromatic carbocycles. The first-order chi connectivity index (χ1) is 15.3. The Balaban J connectivity index is 2.25. The molecule has 2 N–H and O–H groups in total. The van der Waals surface area contributed by atoms with Crippen molar-refractivity contribution in [3.8, 4) is 0 Å².